The Kier molecular flexibility index (Phi) is 5.57. The molecule has 0 radical (unpaired) electrons. The maximum absolute atomic E-state index is 12.6. The van der Waals surface area contributed by atoms with Crippen LogP contribution in [0, 0.1) is 6.92 Å². The molecule has 11 heteroatoms. The number of benzene rings is 1. The van der Waals surface area contributed by atoms with E-state index in [-0.39, 0.29) is 11.6 Å². The van der Waals surface area contributed by atoms with Gasteiger partial charge in [-0.25, -0.2) is 9.59 Å². The molecule has 2 aliphatic heterocycles. The van der Waals surface area contributed by atoms with E-state index in [1.165, 1.54) is 6.07 Å². The van der Waals surface area contributed by atoms with E-state index in [0.717, 1.165) is 0 Å². The van der Waals surface area contributed by atoms with Crippen molar-refractivity contribution < 1.29 is 44.3 Å². The number of nitrogens with one attached hydrogen (secondary N) is 2. The summed E-state index contributed by atoms with van der Waals surface area (Å²) in [5.41, 5.74) is 2.81. The van der Waals surface area contributed by atoms with Gasteiger partial charge in [0, 0.05) is 16.9 Å². The quantitative estimate of drug-likeness (QED) is 0.277. The minimum absolute atomic E-state index is 0.0515. The number of aliphatic carboxylic acids is 1. The standard InChI is InChI=1S/C21H20N2O9/c1-8-6-13(20(30)32-21-16(26)14(24)15(25)17(31-21)19(28)29)22-12(8)7-10-9-4-2-3-5-11(9)23-18(10)27/h2-7,14-17,21-22,24-26H,1H3,(H,23,27)(H,28,29)/b10-7+/t14-,15-,16+,17-,21-/m0/s1. The lowest BCUT2D eigenvalue weighted by Crippen LogP contribution is -2.60. The topological polar surface area (TPSA) is 178 Å². The van der Waals surface area contributed by atoms with E-state index < -0.39 is 42.6 Å². The number of aromatic amines is 1. The third-order valence-electron chi connectivity index (χ3n) is 5.31. The zero-order valence-corrected chi connectivity index (χ0v) is 16.7. The van der Waals surface area contributed by atoms with Crippen molar-refractivity contribution in [1.82, 2.24) is 4.98 Å². The van der Waals surface area contributed by atoms with Crippen LogP contribution in [0.5, 0.6) is 0 Å². The van der Waals surface area contributed by atoms with Crippen molar-refractivity contribution in [1.29, 1.82) is 0 Å². The number of carbonyl (C=O) groups excluding carboxylic acids is 2. The number of amides is 1. The van der Waals surface area contributed by atoms with Crippen LogP contribution in [0.2, 0.25) is 0 Å². The number of hydrogen-bond acceptors (Lipinski definition) is 8. The zero-order valence-electron chi connectivity index (χ0n) is 16.7. The summed E-state index contributed by atoms with van der Waals surface area (Å²) < 4.78 is 9.98. The number of fused-ring (bicyclic) bond motifs is 1. The van der Waals surface area contributed by atoms with Gasteiger partial charge in [-0.15, -0.1) is 0 Å². The summed E-state index contributed by atoms with van der Waals surface area (Å²) in [6.07, 6.45) is -7.78. The van der Waals surface area contributed by atoms with Crippen molar-refractivity contribution in [3.05, 3.63) is 52.8 Å². The number of carboxylic acids is 1. The molecule has 32 heavy (non-hydrogen) atoms. The molecule has 168 valence electrons. The number of aliphatic hydroxyl groups is 3. The molecular weight excluding hydrogens is 424 g/mol. The van der Waals surface area contributed by atoms with Crippen LogP contribution in [0.15, 0.2) is 30.3 Å². The molecule has 2 aliphatic rings. The second kappa shape index (κ2) is 8.20. The highest BCUT2D eigenvalue weighted by atomic mass is 16.7. The van der Waals surface area contributed by atoms with Crippen molar-refractivity contribution in [2.24, 2.45) is 0 Å². The van der Waals surface area contributed by atoms with Gasteiger partial charge in [-0.2, -0.15) is 0 Å². The maximum atomic E-state index is 12.6. The van der Waals surface area contributed by atoms with Gasteiger partial charge in [0.1, 0.15) is 24.0 Å². The normalized spacial score (nSPS) is 28.3. The second-order valence-electron chi connectivity index (χ2n) is 7.48. The summed E-state index contributed by atoms with van der Waals surface area (Å²) in [5.74, 6) is -2.88. The molecule has 1 aromatic heterocycles. The van der Waals surface area contributed by atoms with Crippen molar-refractivity contribution in [3.63, 3.8) is 0 Å². The predicted octanol–water partition coefficient (Wildman–Crippen LogP) is -0.135. The molecule has 5 atom stereocenters. The van der Waals surface area contributed by atoms with E-state index in [1.807, 2.05) is 0 Å². The van der Waals surface area contributed by atoms with Gasteiger partial charge < -0.3 is 40.2 Å². The molecule has 0 spiro atoms. The third kappa shape index (κ3) is 3.78. The first-order valence-corrected chi connectivity index (χ1v) is 9.63. The summed E-state index contributed by atoms with van der Waals surface area (Å²) in [4.78, 5) is 38.9. The molecule has 0 bridgehead atoms. The first kappa shape index (κ1) is 21.7. The second-order valence-corrected chi connectivity index (χ2v) is 7.48. The number of rotatable bonds is 4. The van der Waals surface area contributed by atoms with Gasteiger partial charge in [-0.1, -0.05) is 18.2 Å². The minimum atomic E-state index is -1.90. The van der Waals surface area contributed by atoms with Gasteiger partial charge in [0.25, 0.3) is 5.91 Å². The summed E-state index contributed by atoms with van der Waals surface area (Å²) in [6, 6.07) is 8.59. The van der Waals surface area contributed by atoms with Crippen LogP contribution in [-0.2, 0) is 19.1 Å². The Balaban J connectivity index is 1.55. The predicted molar refractivity (Wildman–Crippen MR) is 108 cm³/mol. The number of carbonyl (C=O) groups is 3. The fourth-order valence-corrected chi connectivity index (χ4v) is 3.58. The Bertz CT molecular complexity index is 1120. The Labute approximate surface area is 180 Å². The Hall–Kier alpha value is -3.51. The lowest BCUT2D eigenvalue weighted by molar-refractivity contribution is -0.278. The monoisotopic (exact) mass is 444 g/mol. The number of aryl methyl sites for hydroxylation is 1. The number of hydrogen-bond donors (Lipinski definition) is 6. The van der Waals surface area contributed by atoms with Crippen LogP contribution < -0.4 is 5.32 Å². The van der Waals surface area contributed by atoms with Crippen molar-refractivity contribution >= 4 is 35.2 Å². The highest BCUT2D eigenvalue weighted by Gasteiger charge is 2.48. The van der Waals surface area contributed by atoms with Crippen LogP contribution in [-0.4, -0.2) is 74.0 Å². The number of H-pyrrole nitrogens is 1. The van der Waals surface area contributed by atoms with Gasteiger partial charge in [0.05, 0.1) is 5.57 Å². The highest BCUT2D eigenvalue weighted by Crippen LogP contribution is 2.33. The van der Waals surface area contributed by atoms with Crippen LogP contribution in [0.3, 0.4) is 0 Å². The van der Waals surface area contributed by atoms with Crippen molar-refractivity contribution in [2.75, 3.05) is 5.32 Å². The van der Waals surface area contributed by atoms with E-state index in [2.05, 4.69) is 10.3 Å². The van der Waals surface area contributed by atoms with Crippen molar-refractivity contribution in [2.45, 2.75) is 37.6 Å². The molecule has 0 aliphatic carbocycles. The molecule has 0 unspecified atom stereocenters. The number of aliphatic hydroxyl groups excluding tert-OH is 3. The lowest BCUT2D eigenvalue weighted by Gasteiger charge is -2.37. The molecular formula is C21H20N2O9. The first-order valence-electron chi connectivity index (χ1n) is 9.63. The summed E-state index contributed by atoms with van der Waals surface area (Å²) in [7, 11) is 0. The summed E-state index contributed by atoms with van der Waals surface area (Å²) >= 11 is 0. The molecule has 0 saturated carbocycles. The average Bonchev–Trinajstić information content (AvgIpc) is 3.28. The van der Waals surface area contributed by atoms with Crippen molar-refractivity contribution in [3.8, 4) is 0 Å². The number of anilines is 1. The number of aromatic nitrogens is 1. The van der Waals surface area contributed by atoms with Gasteiger partial charge in [-0.3, -0.25) is 4.79 Å². The number of esters is 1. The molecule has 6 N–H and O–H groups in total. The fourth-order valence-electron chi connectivity index (χ4n) is 3.58. The first-order chi connectivity index (χ1) is 15.2. The molecule has 1 amide bonds. The Morgan fingerprint density at radius 3 is 2.56 bits per heavy atom. The molecule has 2 aromatic rings. The van der Waals surface area contributed by atoms with Crippen LogP contribution in [0.1, 0.15) is 27.3 Å². The van der Waals surface area contributed by atoms with Gasteiger partial charge in [-0.05, 0) is 30.7 Å². The average molecular weight is 444 g/mol. The Morgan fingerprint density at radius 1 is 1.12 bits per heavy atom. The fraction of sp³-hybridized carbons (Fsp3) is 0.286. The largest absolute Gasteiger partial charge is 0.479 e. The lowest BCUT2D eigenvalue weighted by atomic mass is 9.99. The molecule has 3 heterocycles. The molecule has 1 aromatic carbocycles. The highest BCUT2D eigenvalue weighted by molar-refractivity contribution is 6.34. The van der Waals surface area contributed by atoms with E-state index in [1.54, 1.807) is 37.3 Å². The van der Waals surface area contributed by atoms with E-state index in [9.17, 15) is 29.7 Å². The zero-order chi connectivity index (χ0) is 23.2. The molecule has 11 nitrogen and oxygen atoms in total. The number of ether oxygens (including phenoxy) is 2. The minimum Gasteiger partial charge on any atom is -0.479 e. The van der Waals surface area contributed by atoms with E-state index in [0.29, 0.717) is 28.1 Å². The smallest absolute Gasteiger partial charge is 0.357 e. The molecule has 4 rings (SSSR count). The number of carboxylic acid groups (broad SMARTS) is 1. The van der Waals surface area contributed by atoms with Gasteiger partial charge in [0.2, 0.25) is 6.29 Å². The number of para-hydroxylation sites is 1. The molecule has 1 fully saturated rings. The van der Waals surface area contributed by atoms with Gasteiger partial charge in [0.15, 0.2) is 6.10 Å². The summed E-state index contributed by atoms with van der Waals surface area (Å²) in [5, 5.41) is 41.4. The SMILES string of the molecule is Cc1cc(C(=O)O[C@@H]2O[C@H](C(=O)O)[C@@H](O)[C@H](O)[C@H]2O)[nH]c1/C=C1/C(=O)Nc2ccccc21. The van der Waals surface area contributed by atoms with Gasteiger partial charge >= 0.3 is 11.9 Å². The van der Waals surface area contributed by atoms with E-state index in [4.69, 9.17) is 14.6 Å². The third-order valence-corrected chi connectivity index (χ3v) is 5.31. The summed E-state index contributed by atoms with van der Waals surface area (Å²) in [6.45, 7) is 1.70. The molecule has 1 saturated heterocycles. The van der Waals surface area contributed by atoms with Crippen LogP contribution >= 0.6 is 0 Å². The Morgan fingerprint density at radius 2 is 1.84 bits per heavy atom. The van der Waals surface area contributed by atoms with Crippen LogP contribution in [0.4, 0.5) is 5.69 Å². The maximum Gasteiger partial charge on any atom is 0.357 e. The van der Waals surface area contributed by atoms with Crippen LogP contribution in [0.25, 0.3) is 11.6 Å². The van der Waals surface area contributed by atoms with E-state index >= 15 is 0 Å².